The average molecular weight is 198 g/mol. The van der Waals surface area contributed by atoms with Gasteiger partial charge in [-0.25, -0.2) is 0 Å². The van der Waals surface area contributed by atoms with Crippen LogP contribution in [0.2, 0.25) is 0 Å². The molecule has 1 rings (SSSR count). The molecule has 2 atom stereocenters. The maximum absolute atomic E-state index is 10.4. The van der Waals surface area contributed by atoms with Crippen LogP contribution < -0.4 is 0 Å². The molecular weight excluding hydrogens is 186 g/mol. The second-order valence-electron chi connectivity index (χ2n) is 2.15. The molecule has 0 aliphatic carbocycles. The number of rotatable bonds is 2. The van der Waals surface area contributed by atoms with Crippen molar-refractivity contribution in [1.29, 1.82) is 0 Å². The van der Waals surface area contributed by atoms with Crippen LogP contribution in [0.25, 0.3) is 0 Å². The molecule has 0 aliphatic heterocycles. The molecule has 2 N–H and O–H groups in total. The van der Waals surface area contributed by atoms with Crippen molar-refractivity contribution in [3.05, 3.63) is 35.9 Å². The third kappa shape index (κ3) is 3.40. The van der Waals surface area contributed by atoms with E-state index < -0.39 is 13.9 Å². The van der Waals surface area contributed by atoms with E-state index in [-0.39, 0.29) is 32.4 Å². The second-order valence-corrected chi connectivity index (χ2v) is 3.37. The summed E-state index contributed by atoms with van der Waals surface area (Å²) < 4.78 is 10.4. The van der Waals surface area contributed by atoms with Gasteiger partial charge in [-0.3, -0.25) is 4.57 Å². The molecule has 12 heavy (non-hydrogen) atoms. The van der Waals surface area contributed by atoms with Crippen LogP contribution in [0.4, 0.5) is 0 Å². The average Bonchev–Trinajstić information content (AvgIpc) is 2.05. The molecule has 0 heterocycles. The van der Waals surface area contributed by atoms with E-state index in [1.54, 1.807) is 30.3 Å². The molecule has 0 amide bonds. The van der Waals surface area contributed by atoms with Crippen LogP contribution in [-0.4, -0.2) is 39.6 Å². The van der Waals surface area contributed by atoms with Crippen molar-refractivity contribution in [2.24, 2.45) is 0 Å². The van der Waals surface area contributed by atoms with E-state index in [0.717, 1.165) is 0 Å². The first-order valence-corrected chi connectivity index (χ1v) is 4.61. The van der Waals surface area contributed by atoms with Gasteiger partial charge in [0.2, 0.25) is 8.03 Å². The summed E-state index contributed by atoms with van der Waals surface area (Å²) in [6.07, 6.45) is 0. The van der Waals surface area contributed by atoms with E-state index in [4.69, 9.17) is 10.00 Å². The zero-order valence-corrected chi connectivity index (χ0v) is 6.77. The van der Waals surface area contributed by atoms with Crippen LogP contribution in [0.15, 0.2) is 30.3 Å². The summed E-state index contributed by atoms with van der Waals surface area (Å²) in [6.45, 7) is 0. The number of aliphatic hydroxyl groups excluding tert-OH is 1. The van der Waals surface area contributed by atoms with Crippen LogP contribution in [0.1, 0.15) is 14.3 Å². The Morgan fingerprint density at radius 1 is 1.33 bits per heavy atom. The fourth-order valence-corrected chi connectivity index (χ4v) is 1.26. The third-order valence-electron chi connectivity index (χ3n) is 1.35. The molecule has 0 bridgehead atoms. The van der Waals surface area contributed by atoms with Gasteiger partial charge < -0.3 is 10.00 Å². The van der Waals surface area contributed by atoms with Gasteiger partial charge in [-0.1, -0.05) is 30.3 Å². The van der Waals surface area contributed by atoms with E-state index in [1.165, 1.54) is 0 Å². The Balaban J connectivity index is -0.000000403. The molecule has 0 fully saturated rings. The maximum atomic E-state index is 10.4. The van der Waals surface area contributed by atoms with E-state index in [9.17, 15) is 4.57 Å². The van der Waals surface area contributed by atoms with E-state index in [2.05, 4.69) is 0 Å². The number of hydrogen-bond acceptors (Lipinski definition) is 2. The topological polar surface area (TPSA) is 57.5 Å². The van der Waals surface area contributed by atoms with Gasteiger partial charge >= 0.3 is 32.4 Å². The molecule has 1 aromatic rings. The van der Waals surface area contributed by atoms with Crippen molar-refractivity contribution < 1.29 is 17.4 Å². The third-order valence-corrected chi connectivity index (χ3v) is 2.15. The first-order chi connectivity index (χ1) is 5.22. The quantitative estimate of drug-likeness (QED) is 0.543. The van der Waals surface area contributed by atoms with Gasteiger partial charge in [-0.05, 0) is 5.56 Å². The van der Waals surface area contributed by atoms with Gasteiger partial charge in [0, 0.05) is 0 Å². The van der Waals surface area contributed by atoms with Gasteiger partial charge in [0.15, 0.2) is 5.85 Å². The summed E-state index contributed by atoms with van der Waals surface area (Å²) in [5.41, 5.74) is 0.485. The van der Waals surface area contributed by atoms with Crippen LogP contribution in [0.3, 0.4) is 0 Å². The minimum atomic E-state index is -2.86. The first kappa shape index (κ1) is 12.4. The van der Waals surface area contributed by atoms with Crippen LogP contribution in [0, 0.1) is 0 Å². The summed E-state index contributed by atoms with van der Waals surface area (Å²) in [5.74, 6) is -1.22. The van der Waals surface area contributed by atoms with Gasteiger partial charge in [-0.2, -0.15) is 0 Å². The molecule has 0 saturated carbocycles. The summed E-state index contributed by atoms with van der Waals surface area (Å²) >= 11 is 0. The second kappa shape index (κ2) is 5.92. The Kier molecular flexibility index (Phi) is 6.10. The predicted octanol–water partition coefficient (Wildman–Crippen LogP) is 0.721. The molecule has 0 aliphatic rings. The van der Waals surface area contributed by atoms with Gasteiger partial charge in [0.1, 0.15) is 0 Å². The van der Waals surface area contributed by atoms with Crippen molar-refractivity contribution in [2.45, 2.75) is 5.85 Å². The Morgan fingerprint density at radius 2 is 1.83 bits per heavy atom. The summed E-state index contributed by atoms with van der Waals surface area (Å²) in [5, 5.41) is 9.08. The zero-order chi connectivity index (χ0) is 8.27. The molecule has 3 nitrogen and oxygen atoms in total. The molecule has 0 radical (unpaired) electrons. The summed E-state index contributed by atoms with van der Waals surface area (Å²) in [4.78, 5) is 8.57. The van der Waals surface area contributed by atoms with Crippen LogP contribution in [0.5, 0.6) is 0 Å². The van der Waals surface area contributed by atoms with Crippen molar-refractivity contribution in [1.82, 2.24) is 0 Å². The Morgan fingerprint density at radius 3 is 2.25 bits per heavy atom. The fraction of sp³-hybridized carbons (Fsp3) is 0.143. The number of hydrogen-bond donors (Lipinski definition) is 2. The Labute approximate surface area is 96.6 Å². The van der Waals surface area contributed by atoms with Crippen molar-refractivity contribution in [3.63, 3.8) is 0 Å². The van der Waals surface area contributed by atoms with E-state index in [1.807, 2.05) is 0 Å². The normalized spacial score (nSPS) is 14.5. The summed E-state index contributed by atoms with van der Waals surface area (Å²) in [7, 11) is -2.86. The standard InChI is InChI=1S/C7H9O3P.Na.H/c8-7(11(9)10)6-4-2-1-3-5-6;;/h1-5,7-8,11H,(H,9,10);;/p+2. The number of benzene rings is 1. The Bertz CT molecular complexity index is 260. The monoisotopic (exact) mass is 198 g/mol. The summed E-state index contributed by atoms with van der Waals surface area (Å²) in [6, 6.07) is 8.43. The molecule has 0 spiro atoms. The van der Waals surface area contributed by atoms with Crippen molar-refractivity contribution in [2.75, 3.05) is 0 Å². The van der Waals surface area contributed by atoms with Crippen LogP contribution >= 0.6 is 8.03 Å². The Hall–Kier alpha value is 0.370. The minimum absolute atomic E-state index is 0. The first-order valence-electron chi connectivity index (χ1n) is 3.17. The van der Waals surface area contributed by atoms with Gasteiger partial charge in [0.25, 0.3) is 0 Å². The molecular formula is C7H12NaO3P+2. The molecule has 0 saturated heterocycles. The fourth-order valence-electron chi connectivity index (χ4n) is 0.778. The molecule has 62 valence electrons. The van der Waals surface area contributed by atoms with Crippen LogP contribution in [-0.2, 0) is 4.57 Å². The van der Waals surface area contributed by atoms with Gasteiger partial charge in [0.05, 0.1) is 0 Å². The molecule has 5 heteroatoms. The molecule has 2 unspecified atom stereocenters. The number of aliphatic hydroxyl groups is 1. The predicted molar refractivity (Wildman–Crippen MR) is 52.0 cm³/mol. The molecule has 1 aromatic carbocycles. The molecule has 0 aromatic heterocycles. The van der Waals surface area contributed by atoms with E-state index in [0.29, 0.717) is 5.56 Å². The van der Waals surface area contributed by atoms with Crippen molar-refractivity contribution in [3.8, 4) is 0 Å². The zero-order valence-electron chi connectivity index (χ0n) is 7.77. The van der Waals surface area contributed by atoms with E-state index >= 15 is 0 Å². The van der Waals surface area contributed by atoms with Crippen molar-refractivity contribution >= 4 is 37.6 Å². The SMILES string of the molecule is O=[PH](O)C(O)c1ccccc1.[H+].[H+].[NaH]. The van der Waals surface area contributed by atoms with Gasteiger partial charge in [-0.15, -0.1) is 0 Å².